The Morgan fingerprint density at radius 3 is 2.83 bits per heavy atom. The standard InChI is InChI=1S/C13H15NO4/c15-6-5-10(13(17)18)8-1-3-11-9(7-8)2-4-12(16)14-11/h1,3,7,10,15H,2,4-6H2,(H,14,16)(H,17,18). The molecule has 1 aromatic carbocycles. The van der Waals surface area contributed by atoms with E-state index in [9.17, 15) is 9.59 Å². The Labute approximate surface area is 104 Å². The summed E-state index contributed by atoms with van der Waals surface area (Å²) in [5.41, 5.74) is 2.38. The molecule has 0 saturated carbocycles. The van der Waals surface area contributed by atoms with E-state index in [4.69, 9.17) is 10.2 Å². The van der Waals surface area contributed by atoms with Crippen molar-refractivity contribution in [1.29, 1.82) is 0 Å². The van der Waals surface area contributed by atoms with Crippen molar-refractivity contribution in [2.24, 2.45) is 0 Å². The Morgan fingerprint density at radius 1 is 1.39 bits per heavy atom. The first-order valence-corrected chi connectivity index (χ1v) is 5.88. The van der Waals surface area contributed by atoms with Crippen molar-refractivity contribution in [2.45, 2.75) is 25.2 Å². The molecule has 0 radical (unpaired) electrons. The van der Waals surface area contributed by atoms with Gasteiger partial charge < -0.3 is 15.5 Å². The van der Waals surface area contributed by atoms with Gasteiger partial charge in [0.05, 0.1) is 5.92 Å². The highest BCUT2D eigenvalue weighted by atomic mass is 16.4. The van der Waals surface area contributed by atoms with Crippen molar-refractivity contribution in [2.75, 3.05) is 11.9 Å². The summed E-state index contributed by atoms with van der Waals surface area (Å²) in [5, 5.41) is 20.8. The van der Waals surface area contributed by atoms with Crippen LogP contribution in [0.15, 0.2) is 18.2 Å². The average Bonchev–Trinajstić information content (AvgIpc) is 2.35. The summed E-state index contributed by atoms with van der Waals surface area (Å²) in [6.45, 7) is -0.162. The van der Waals surface area contributed by atoms with Crippen LogP contribution < -0.4 is 5.32 Å². The summed E-state index contributed by atoms with van der Waals surface area (Å²) in [6, 6.07) is 5.23. The van der Waals surface area contributed by atoms with Crippen LogP contribution in [0, 0.1) is 0 Å². The molecule has 0 aromatic heterocycles. The van der Waals surface area contributed by atoms with Gasteiger partial charge in [0.25, 0.3) is 0 Å². The molecule has 1 aliphatic rings. The Kier molecular flexibility index (Phi) is 3.62. The largest absolute Gasteiger partial charge is 0.481 e. The highest BCUT2D eigenvalue weighted by Gasteiger charge is 2.22. The number of anilines is 1. The van der Waals surface area contributed by atoms with Crippen molar-refractivity contribution in [3.8, 4) is 0 Å². The van der Waals surface area contributed by atoms with Gasteiger partial charge >= 0.3 is 5.97 Å². The zero-order chi connectivity index (χ0) is 13.1. The van der Waals surface area contributed by atoms with Gasteiger partial charge in [-0.05, 0) is 30.0 Å². The summed E-state index contributed by atoms with van der Waals surface area (Å²) >= 11 is 0. The number of aliphatic hydroxyl groups excluding tert-OH is 1. The number of aliphatic hydroxyl groups is 1. The van der Waals surface area contributed by atoms with E-state index >= 15 is 0 Å². The molecule has 1 aromatic rings. The number of aryl methyl sites for hydroxylation is 1. The van der Waals surface area contributed by atoms with Crippen LogP contribution in [0.5, 0.6) is 0 Å². The van der Waals surface area contributed by atoms with Gasteiger partial charge in [0.2, 0.25) is 5.91 Å². The Balaban J connectivity index is 2.29. The minimum atomic E-state index is -0.941. The van der Waals surface area contributed by atoms with Crippen LogP contribution in [0.25, 0.3) is 0 Å². The molecule has 3 N–H and O–H groups in total. The topological polar surface area (TPSA) is 86.6 Å². The molecule has 1 unspecified atom stereocenters. The summed E-state index contributed by atoms with van der Waals surface area (Å²) in [5.74, 6) is -1.65. The van der Waals surface area contributed by atoms with Crippen LogP contribution in [-0.4, -0.2) is 28.7 Å². The second kappa shape index (κ2) is 5.18. The molecule has 1 atom stereocenters. The van der Waals surface area contributed by atoms with Crippen LogP contribution in [-0.2, 0) is 16.0 Å². The fourth-order valence-electron chi connectivity index (χ4n) is 2.18. The molecule has 1 heterocycles. The number of fused-ring (bicyclic) bond motifs is 1. The van der Waals surface area contributed by atoms with Crippen LogP contribution in [0.3, 0.4) is 0 Å². The van der Waals surface area contributed by atoms with E-state index in [1.165, 1.54) is 0 Å². The molecule has 0 fully saturated rings. The van der Waals surface area contributed by atoms with E-state index in [1.807, 2.05) is 6.07 Å². The molecule has 0 bridgehead atoms. The minimum absolute atomic E-state index is 0.0135. The Hall–Kier alpha value is -1.88. The first-order valence-electron chi connectivity index (χ1n) is 5.88. The van der Waals surface area contributed by atoms with E-state index in [-0.39, 0.29) is 18.9 Å². The zero-order valence-corrected chi connectivity index (χ0v) is 9.85. The monoisotopic (exact) mass is 249 g/mol. The number of rotatable bonds is 4. The maximum absolute atomic E-state index is 11.2. The van der Waals surface area contributed by atoms with Crippen LogP contribution in [0.1, 0.15) is 29.9 Å². The highest BCUT2D eigenvalue weighted by molar-refractivity contribution is 5.94. The van der Waals surface area contributed by atoms with Crippen molar-refractivity contribution >= 4 is 17.6 Å². The molecule has 5 heteroatoms. The number of benzene rings is 1. The summed E-state index contributed by atoms with van der Waals surface area (Å²) in [6.07, 6.45) is 1.25. The van der Waals surface area contributed by atoms with Crippen molar-refractivity contribution in [1.82, 2.24) is 0 Å². The molecular weight excluding hydrogens is 234 g/mol. The lowest BCUT2D eigenvalue weighted by Crippen LogP contribution is -2.20. The number of amides is 1. The van der Waals surface area contributed by atoms with E-state index < -0.39 is 11.9 Å². The third-order valence-electron chi connectivity index (χ3n) is 3.14. The number of nitrogens with one attached hydrogen (secondary N) is 1. The van der Waals surface area contributed by atoms with Gasteiger partial charge in [-0.1, -0.05) is 12.1 Å². The third-order valence-corrected chi connectivity index (χ3v) is 3.14. The van der Waals surface area contributed by atoms with Crippen molar-refractivity contribution < 1.29 is 19.8 Å². The fraction of sp³-hybridized carbons (Fsp3) is 0.385. The lowest BCUT2D eigenvalue weighted by molar-refractivity contribution is -0.139. The van der Waals surface area contributed by atoms with Gasteiger partial charge in [-0.3, -0.25) is 9.59 Å². The summed E-state index contributed by atoms with van der Waals surface area (Å²) in [7, 11) is 0. The molecule has 1 aliphatic heterocycles. The smallest absolute Gasteiger partial charge is 0.311 e. The van der Waals surface area contributed by atoms with Gasteiger partial charge in [0.15, 0.2) is 0 Å². The summed E-state index contributed by atoms with van der Waals surface area (Å²) < 4.78 is 0. The van der Waals surface area contributed by atoms with Crippen LogP contribution >= 0.6 is 0 Å². The van der Waals surface area contributed by atoms with Crippen molar-refractivity contribution in [3.05, 3.63) is 29.3 Å². The predicted octanol–water partition coefficient (Wildman–Crippen LogP) is 1.12. The molecule has 0 aliphatic carbocycles. The van der Waals surface area contributed by atoms with Crippen molar-refractivity contribution in [3.63, 3.8) is 0 Å². The lowest BCUT2D eigenvalue weighted by Gasteiger charge is -2.19. The van der Waals surface area contributed by atoms with Gasteiger partial charge in [0.1, 0.15) is 0 Å². The Bertz CT molecular complexity index is 484. The zero-order valence-electron chi connectivity index (χ0n) is 9.85. The molecule has 2 rings (SSSR count). The van der Waals surface area contributed by atoms with Crippen LogP contribution in [0.4, 0.5) is 5.69 Å². The second-order valence-corrected chi connectivity index (χ2v) is 4.37. The normalized spacial score (nSPS) is 15.7. The molecule has 18 heavy (non-hydrogen) atoms. The molecule has 1 amide bonds. The van der Waals surface area contributed by atoms with E-state index in [2.05, 4.69) is 5.32 Å². The number of hydrogen-bond acceptors (Lipinski definition) is 3. The van der Waals surface area contributed by atoms with Gasteiger partial charge in [-0.15, -0.1) is 0 Å². The number of carboxylic acid groups (broad SMARTS) is 1. The maximum Gasteiger partial charge on any atom is 0.311 e. The van der Waals surface area contributed by atoms with Gasteiger partial charge in [0, 0.05) is 18.7 Å². The first-order chi connectivity index (χ1) is 8.61. The number of hydrogen-bond donors (Lipinski definition) is 3. The summed E-state index contributed by atoms with van der Waals surface area (Å²) in [4.78, 5) is 22.3. The first kappa shape index (κ1) is 12.6. The molecule has 5 nitrogen and oxygen atoms in total. The van der Waals surface area contributed by atoms with E-state index in [0.29, 0.717) is 18.4 Å². The number of aliphatic carboxylic acids is 1. The fourth-order valence-corrected chi connectivity index (χ4v) is 2.18. The number of carboxylic acids is 1. The maximum atomic E-state index is 11.2. The molecule has 0 saturated heterocycles. The molecular formula is C13H15NO4. The Morgan fingerprint density at radius 2 is 2.17 bits per heavy atom. The predicted molar refractivity (Wildman–Crippen MR) is 65.5 cm³/mol. The second-order valence-electron chi connectivity index (χ2n) is 4.37. The van der Waals surface area contributed by atoms with Gasteiger partial charge in [-0.25, -0.2) is 0 Å². The van der Waals surface area contributed by atoms with Gasteiger partial charge in [-0.2, -0.15) is 0 Å². The average molecular weight is 249 g/mol. The quantitative estimate of drug-likeness (QED) is 0.746. The number of carbonyl (C=O) groups is 2. The van der Waals surface area contributed by atoms with E-state index in [1.54, 1.807) is 12.1 Å². The van der Waals surface area contributed by atoms with E-state index in [0.717, 1.165) is 11.3 Å². The van der Waals surface area contributed by atoms with Crippen LogP contribution in [0.2, 0.25) is 0 Å². The molecule has 0 spiro atoms. The number of carbonyl (C=O) groups excluding carboxylic acids is 1. The highest BCUT2D eigenvalue weighted by Crippen LogP contribution is 2.28. The molecule has 96 valence electrons. The minimum Gasteiger partial charge on any atom is -0.481 e. The lowest BCUT2D eigenvalue weighted by atomic mass is 9.92. The SMILES string of the molecule is O=C1CCc2cc(C(CCO)C(=O)O)ccc2N1. The third kappa shape index (κ3) is 2.51.